The summed E-state index contributed by atoms with van der Waals surface area (Å²) in [5.41, 5.74) is 0.440. The smallest absolute Gasteiger partial charge is 0.0362 e. The highest BCUT2D eigenvalue weighted by atomic mass is 15.2. The van der Waals surface area contributed by atoms with Gasteiger partial charge in [0.1, 0.15) is 0 Å². The molecule has 114 valence electrons. The summed E-state index contributed by atoms with van der Waals surface area (Å²) in [4.78, 5) is 2.73. The van der Waals surface area contributed by atoms with Crippen molar-refractivity contribution in [1.82, 2.24) is 10.2 Å². The van der Waals surface area contributed by atoms with Crippen molar-refractivity contribution in [1.29, 1.82) is 0 Å². The molecule has 2 nitrogen and oxygen atoms in total. The van der Waals surface area contributed by atoms with E-state index >= 15 is 0 Å². The molecule has 1 aliphatic carbocycles. The van der Waals surface area contributed by atoms with Crippen LogP contribution in [0.5, 0.6) is 0 Å². The van der Waals surface area contributed by atoms with Gasteiger partial charge in [0, 0.05) is 11.6 Å². The number of hydrogen-bond donors (Lipinski definition) is 1. The van der Waals surface area contributed by atoms with E-state index in [1.165, 1.54) is 58.0 Å². The fourth-order valence-corrected chi connectivity index (χ4v) is 4.14. The summed E-state index contributed by atoms with van der Waals surface area (Å²) in [5, 5.41) is 3.67. The summed E-state index contributed by atoms with van der Waals surface area (Å²) in [6.45, 7) is 11.7. The lowest BCUT2D eigenvalue weighted by molar-refractivity contribution is 0.0612. The number of nitrogens with zero attached hydrogens (tertiary/aromatic N) is 1. The maximum Gasteiger partial charge on any atom is 0.0362 e. The Bertz CT molecular complexity index is 227. The summed E-state index contributed by atoms with van der Waals surface area (Å²) in [6, 6.07) is 0.675. The normalized spacial score (nSPS) is 20.4. The molecule has 0 saturated heterocycles. The molecule has 0 aromatic heterocycles. The number of rotatable bonds is 9. The van der Waals surface area contributed by atoms with Gasteiger partial charge in [-0.05, 0) is 45.3 Å². The van der Waals surface area contributed by atoms with Crippen molar-refractivity contribution in [2.45, 2.75) is 84.2 Å². The van der Waals surface area contributed by atoms with Crippen LogP contribution in [0.1, 0.15) is 72.6 Å². The topological polar surface area (TPSA) is 15.3 Å². The second-order valence-electron chi connectivity index (χ2n) is 6.65. The molecule has 1 saturated carbocycles. The zero-order valence-electron chi connectivity index (χ0n) is 14.0. The predicted octanol–water partition coefficient (Wildman–Crippen LogP) is 4.06. The summed E-state index contributed by atoms with van der Waals surface area (Å²) in [7, 11) is 2.17. The van der Waals surface area contributed by atoms with Crippen molar-refractivity contribution in [2.75, 3.05) is 20.1 Å². The Morgan fingerprint density at radius 2 is 1.63 bits per heavy atom. The molecule has 1 aliphatic rings. The number of hydrogen-bond acceptors (Lipinski definition) is 2. The number of nitrogens with one attached hydrogen (secondary N) is 1. The minimum absolute atomic E-state index is 0.440. The molecule has 1 atom stereocenters. The predicted molar refractivity (Wildman–Crippen MR) is 85.7 cm³/mol. The van der Waals surface area contributed by atoms with Crippen LogP contribution in [0.15, 0.2) is 0 Å². The van der Waals surface area contributed by atoms with E-state index < -0.39 is 0 Å². The molecular formula is C17H36N2. The molecule has 19 heavy (non-hydrogen) atoms. The van der Waals surface area contributed by atoms with Gasteiger partial charge < -0.3 is 5.32 Å². The van der Waals surface area contributed by atoms with Crippen molar-refractivity contribution >= 4 is 0 Å². The zero-order valence-corrected chi connectivity index (χ0v) is 14.0. The minimum Gasteiger partial charge on any atom is -0.315 e. The molecule has 0 spiro atoms. The fourth-order valence-electron chi connectivity index (χ4n) is 4.14. The Kier molecular flexibility index (Phi) is 7.38. The van der Waals surface area contributed by atoms with Crippen molar-refractivity contribution in [3.63, 3.8) is 0 Å². The summed E-state index contributed by atoms with van der Waals surface area (Å²) < 4.78 is 0. The van der Waals surface area contributed by atoms with Gasteiger partial charge in [-0.1, -0.05) is 53.4 Å². The molecule has 0 radical (unpaired) electrons. The minimum atomic E-state index is 0.440. The van der Waals surface area contributed by atoms with Crippen molar-refractivity contribution < 1.29 is 0 Å². The van der Waals surface area contributed by atoms with Gasteiger partial charge in [0.2, 0.25) is 0 Å². The lowest BCUT2D eigenvalue weighted by atomic mass is 9.82. The first-order valence-corrected chi connectivity index (χ1v) is 8.53. The van der Waals surface area contributed by atoms with E-state index in [1.54, 1.807) is 0 Å². The van der Waals surface area contributed by atoms with E-state index in [9.17, 15) is 0 Å². The number of likely N-dealkylation sites (N-methyl/N-ethyl adjacent to an activating group) is 2. The van der Waals surface area contributed by atoms with E-state index in [0.29, 0.717) is 11.6 Å². The third-order valence-corrected chi connectivity index (χ3v) is 5.13. The molecular weight excluding hydrogens is 232 g/mol. The quantitative estimate of drug-likeness (QED) is 0.678. The molecule has 1 unspecified atom stereocenters. The van der Waals surface area contributed by atoms with Gasteiger partial charge in [0.05, 0.1) is 0 Å². The van der Waals surface area contributed by atoms with Gasteiger partial charge >= 0.3 is 0 Å². The van der Waals surface area contributed by atoms with Gasteiger partial charge in [0.15, 0.2) is 0 Å². The Balaban J connectivity index is 2.71. The Morgan fingerprint density at radius 3 is 2.05 bits per heavy atom. The van der Waals surface area contributed by atoms with Crippen molar-refractivity contribution in [3.05, 3.63) is 0 Å². The van der Waals surface area contributed by atoms with Crippen LogP contribution in [0.3, 0.4) is 0 Å². The highest BCUT2D eigenvalue weighted by Gasteiger charge is 2.43. The lowest BCUT2D eigenvalue weighted by Crippen LogP contribution is -2.59. The molecule has 2 heteroatoms. The third kappa shape index (κ3) is 4.19. The highest BCUT2D eigenvalue weighted by molar-refractivity contribution is 5.02. The summed E-state index contributed by atoms with van der Waals surface area (Å²) in [5.74, 6) is 0.838. The lowest BCUT2D eigenvalue weighted by Gasteiger charge is -2.46. The first-order chi connectivity index (χ1) is 9.10. The van der Waals surface area contributed by atoms with E-state index in [4.69, 9.17) is 0 Å². The first-order valence-electron chi connectivity index (χ1n) is 8.53. The first kappa shape index (κ1) is 17.0. The standard InChI is InChI=1S/C17H36N2/c1-6-19(7-2)17(13-8-9-14-17)16(18-5)12-10-11-15(3)4/h15-16,18H,6-14H2,1-5H3. The maximum absolute atomic E-state index is 3.67. The van der Waals surface area contributed by atoms with Gasteiger partial charge in [-0.2, -0.15) is 0 Å². The molecule has 0 bridgehead atoms. The monoisotopic (exact) mass is 268 g/mol. The molecule has 0 amide bonds. The Morgan fingerprint density at radius 1 is 1.05 bits per heavy atom. The SMILES string of the molecule is CCN(CC)C1(C(CCCC(C)C)NC)CCCC1. The average Bonchev–Trinajstić information content (AvgIpc) is 2.86. The average molecular weight is 268 g/mol. The van der Waals surface area contributed by atoms with Crippen LogP contribution < -0.4 is 5.32 Å². The maximum atomic E-state index is 3.67. The third-order valence-electron chi connectivity index (χ3n) is 5.13. The molecule has 1 rings (SSSR count). The zero-order chi connectivity index (χ0) is 14.3. The van der Waals surface area contributed by atoms with E-state index in [-0.39, 0.29) is 0 Å². The molecule has 0 aromatic rings. The van der Waals surface area contributed by atoms with Crippen LogP contribution in [-0.2, 0) is 0 Å². The molecule has 1 fully saturated rings. The molecule has 0 heterocycles. The second kappa shape index (κ2) is 8.26. The molecule has 0 aliphatic heterocycles. The van der Waals surface area contributed by atoms with Gasteiger partial charge in [-0.15, -0.1) is 0 Å². The van der Waals surface area contributed by atoms with Gasteiger partial charge in [0.25, 0.3) is 0 Å². The molecule has 0 aromatic carbocycles. The largest absolute Gasteiger partial charge is 0.315 e. The van der Waals surface area contributed by atoms with Crippen LogP contribution in [0.2, 0.25) is 0 Å². The summed E-state index contributed by atoms with van der Waals surface area (Å²) >= 11 is 0. The Hall–Kier alpha value is -0.0800. The van der Waals surface area contributed by atoms with E-state index in [1.807, 2.05) is 0 Å². The fraction of sp³-hybridized carbons (Fsp3) is 1.00. The van der Waals surface area contributed by atoms with Crippen molar-refractivity contribution in [3.8, 4) is 0 Å². The van der Waals surface area contributed by atoms with Gasteiger partial charge in [-0.3, -0.25) is 4.90 Å². The second-order valence-corrected chi connectivity index (χ2v) is 6.65. The van der Waals surface area contributed by atoms with Crippen molar-refractivity contribution in [2.24, 2.45) is 5.92 Å². The van der Waals surface area contributed by atoms with Crippen LogP contribution in [0.25, 0.3) is 0 Å². The summed E-state index contributed by atoms with van der Waals surface area (Å²) in [6.07, 6.45) is 9.69. The van der Waals surface area contributed by atoms with Gasteiger partial charge in [-0.25, -0.2) is 0 Å². The van der Waals surface area contributed by atoms with Crippen LogP contribution >= 0.6 is 0 Å². The highest BCUT2D eigenvalue weighted by Crippen LogP contribution is 2.39. The molecule has 1 N–H and O–H groups in total. The van der Waals surface area contributed by atoms with E-state index in [2.05, 4.69) is 45.0 Å². The van der Waals surface area contributed by atoms with Crippen LogP contribution in [0.4, 0.5) is 0 Å². The van der Waals surface area contributed by atoms with Crippen LogP contribution in [0, 0.1) is 5.92 Å². The van der Waals surface area contributed by atoms with E-state index in [0.717, 1.165) is 5.92 Å². The van der Waals surface area contributed by atoms with Crippen LogP contribution in [-0.4, -0.2) is 36.6 Å². The Labute approximate surface area is 121 Å².